The van der Waals surface area contributed by atoms with Crippen molar-refractivity contribution in [1.82, 2.24) is 0 Å². The number of aliphatic hydroxyl groups is 4. The number of hydrogen-bond donors (Lipinski definition) is 4. The fourth-order valence-electron chi connectivity index (χ4n) is 2.37. The number of aliphatic hydroxyl groups excluding tert-OH is 4. The van der Waals surface area contributed by atoms with Crippen molar-refractivity contribution in [3.8, 4) is 0 Å². The number of unbranched alkanes of at least 4 members (excludes halogenated alkanes) is 5. The summed E-state index contributed by atoms with van der Waals surface area (Å²) in [6.45, 7) is 2.24. The van der Waals surface area contributed by atoms with E-state index < -0.39 is 30.7 Å². The van der Waals surface area contributed by atoms with E-state index in [-0.39, 0.29) is 6.61 Å². The third-order valence-electron chi connectivity index (χ3n) is 3.65. The Kier molecular flexibility index (Phi) is 8.60. The highest BCUT2D eigenvalue weighted by molar-refractivity contribution is 4.89. The van der Waals surface area contributed by atoms with Gasteiger partial charge in [-0.15, -0.1) is 0 Å². The third kappa shape index (κ3) is 5.27. The van der Waals surface area contributed by atoms with Crippen molar-refractivity contribution in [1.29, 1.82) is 0 Å². The average molecular weight is 292 g/mol. The van der Waals surface area contributed by atoms with E-state index in [0.29, 0.717) is 6.61 Å². The molecule has 0 spiro atoms. The summed E-state index contributed by atoms with van der Waals surface area (Å²) in [7, 11) is 0. The number of hydrogen-bond acceptors (Lipinski definition) is 6. The van der Waals surface area contributed by atoms with Crippen LogP contribution in [0.5, 0.6) is 0 Å². The van der Waals surface area contributed by atoms with Crippen LogP contribution >= 0.6 is 0 Å². The fourth-order valence-corrected chi connectivity index (χ4v) is 2.37. The van der Waals surface area contributed by atoms with Gasteiger partial charge in [-0.1, -0.05) is 39.0 Å². The van der Waals surface area contributed by atoms with Gasteiger partial charge in [-0.25, -0.2) is 0 Å². The molecular formula is C14H28O6. The highest BCUT2D eigenvalue weighted by atomic mass is 16.6. The zero-order valence-electron chi connectivity index (χ0n) is 12.1. The molecule has 0 radical (unpaired) electrons. The Balaban J connectivity index is 2.25. The molecule has 0 aromatic carbocycles. The van der Waals surface area contributed by atoms with E-state index >= 15 is 0 Å². The third-order valence-corrected chi connectivity index (χ3v) is 3.65. The van der Waals surface area contributed by atoms with E-state index in [1.54, 1.807) is 0 Å². The van der Waals surface area contributed by atoms with E-state index in [1.807, 2.05) is 0 Å². The molecule has 1 saturated heterocycles. The lowest BCUT2D eigenvalue weighted by atomic mass is 9.99. The van der Waals surface area contributed by atoms with Gasteiger partial charge in [0.05, 0.1) is 6.61 Å². The molecule has 6 heteroatoms. The zero-order chi connectivity index (χ0) is 15.0. The zero-order valence-corrected chi connectivity index (χ0v) is 12.1. The second kappa shape index (κ2) is 9.65. The van der Waals surface area contributed by atoms with Crippen molar-refractivity contribution < 1.29 is 29.9 Å². The second-order valence-corrected chi connectivity index (χ2v) is 5.33. The molecule has 1 aliphatic heterocycles. The van der Waals surface area contributed by atoms with Crippen molar-refractivity contribution >= 4 is 0 Å². The summed E-state index contributed by atoms with van der Waals surface area (Å²) in [5.41, 5.74) is 0. The summed E-state index contributed by atoms with van der Waals surface area (Å²) in [6, 6.07) is 0. The first kappa shape index (κ1) is 17.8. The molecule has 0 saturated carbocycles. The van der Waals surface area contributed by atoms with Crippen molar-refractivity contribution in [2.45, 2.75) is 76.2 Å². The van der Waals surface area contributed by atoms with Crippen LogP contribution in [-0.4, -0.2) is 64.3 Å². The monoisotopic (exact) mass is 292 g/mol. The van der Waals surface area contributed by atoms with Crippen LogP contribution in [-0.2, 0) is 9.47 Å². The normalized spacial score (nSPS) is 34.4. The average Bonchev–Trinajstić information content (AvgIpc) is 2.45. The topological polar surface area (TPSA) is 99.4 Å². The van der Waals surface area contributed by atoms with Gasteiger partial charge in [0.15, 0.2) is 6.29 Å². The minimum absolute atomic E-state index is 0.373. The SMILES string of the molecule is CCCCCCCCO[C@@H]1C(CO)O[C@H](O)C(O)[C@H]1O. The minimum Gasteiger partial charge on any atom is -0.394 e. The fraction of sp³-hybridized carbons (Fsp3) is 1.00. The van der Waals surface area contributed by atoms with Crippen LogP contribution in [0.25, 0.3) is 0 Å². The molecule has 1 rings (SSSR count). The van der Waals surface area contributed by atoms with Gasteiger partial charge < -0.3 is 29.9 Å². The second-order valence-electron chi connectivity index (χ2n) is 5.33. The van der Waals surface area contributed by atoms with Gasteiger partial charge in [0.2, 0.25) is 0 Å². The largest absolute Gasteiger partial charge is 0.394 e. The van der Waals surface area contributed by atoms with Gasteiger partial charge in [-0.3, -0.25) is 0 Å². The van der Waals surface area contributed by atoms with Crippen LogP contribution in [0.1, 0.15) is 45.4 Å². The predicted molar refractivity (Wildman–Crippen MR) is 73.1 cm³/mol. The predicted octanol–water partition coefficient (Wildman–Crippen LogP) is 0.163. The van der Waals surface area contributed by atoms with Crippen LogP contribution in [0.2, 0.25) is 0 Å². The lowest BCUT2D eigenvalue weighted by Gasteiger charge is -2.40. The van der Waals surface area contributed by atoms with Crippen LogP contribution < -0.4 is 0 Å². The molecule has 20 heavy (non-hydrogen) atoms. The van der Waals surface area contributed by atoms with Crippen LogP contribution in [0.3, 0.4) is 0 Å². The highest BCUT2D eigenvalue weighted by Crippen LogP contribution is 2.22. The van der Waals surface area contributed by atoms with Crippen molar-refractivity contribution in [3.63, 3.8) is 0 Å². The minimum atomic E-state index is -1.49. The first-order valence-corrected chi connectivity index (χ1v) is 7.54. The summed E-state index contributed by atoms with van der Waals surface area (Å²) >= 11 is 0. The standard InChI is InChI=1S/C14H28O6/c1-2-3-4-5-6-7-8-19-13-10(9-15)20-14(18)12(17)11(13)16/h10-18H,2-9H2,1H3/t10?,11-,12?,13-,14+/m1/s1. The maximum absolute atomic E-state index is 9.86. The lowest BCUT2D eigenvalue weighted by Crippen LogP contribution is -2.59. The van der Waals surface area contributed by atoms with Crippen LogP contribution in [0.15, 0.2) is 0 Å². The molecule has 1 fully saturated rings. The highest BCUT2D eigenvalue weighted by Gasteiger charge is 2.44. The first-order chi connectivity index (χ1) is 9.61. The molecule has 120 valence electrons. The molecule has 5 atom stereocenters. The van der Waals surface area contributed by atoms with E-state index in [2.05, 4.69) is 6.92 Å². The summed E-state index contributed by atoms with van der Waals surface area (Å²) in [5.74, 6) is 0. The molecule has 4 N–H and O–H groups in total. The van der Waals surface area contributed by atoms with Crippen LogP contribution in [0, 0.1) is 0 Å². The Morgan fingerprint density at radius 2 is 1.60 bits per heavy atom. The molecule has 6 nitrogen and oxygen atoms in total. The van der Waals surface area contributed by atoms with Crippen molar-refractivity contribution in [3.05, 3.63) is 0 Å². The van der Waals surface area contributed by atoms with Crippen LogP contribution in [0.4, 0.5) is 0 Å². The quantitative estimate of drug-likeness (QED) is 0.452. The Morgan fingerprint density at radius 3 is 2.25 bits per heavy atom. The van der Waals surface area contributed by atoms with Gasteiger partial charge in [-0.05, 0) is 6.42 Å². The smallest absolute Gasteiger partial charge is 0.184 e. The number of ether oxygens (including phenoxy) is 2. The Labute approximate surface area is 120 Å². The molecule has 0 aromatic heterocycles. The molecule has 0 amide bonds. The van der Waals surface area contributed by atoms with Crippen molar-refractivity contribution in [2.24, 2.45) is 0 Å². The van der Waals surface area contributed by atoms with Gasteiger partial charge in [0, 0.05) is 6.61 Å². The Hall–Kier alpha value is -0.240. The molecule has 0 aliphatic carbocycles. The van der Waals surface area contributed by atoms with E-state index in [4.69, 9.17) is 9.47 Å². The molecule has 0 bridgehead atoms. The number of rotatable bonds is 9. The van der Waals surface area contributed by atoms with Crippen molar-refractivity contribution in [2.75, 3.05) is 13.2 Å². The van der Waals surface area contributed by atoms with Gasteiger partial charge in [0.1, 0.15) is 24.4 Å². The molecule has 2 unspecified atom stereocenters. The Morgan fingerprint density at radius 1 is 0.950 bits per heavy atom. The summed E-state index contributed by atoms with van der Waals surface area (Å²) in [4.78, 5) is 0. The maximum Gasteiger partial charge on any atom is 0.184 e. The van der Waals surface area contributed by atoms with E-state index in [1.165, 1.54) is 19.3 Å². The van der Waals surface area contributed by atoms with Gasteiger partial charge in [0.25, 0.3) is 0 Å². The lowest BCUT2D eigenvalue weighted by molar-refractivity contribution is -0.294. The van der Waals surface area contributed by atoms with E-state index in [9.17, 15) is 20.4 Å². The van der Waals surface area contributed by atoms with Gasteiger partial charge in [-0.2, -0.15) is 0 Å². The summed E-state index contributed by atoms with van der Waals surface area (Å²) in [5, 5.41) is 37.9. The molecule has 1 heterocycles. The maximum atomic E-state index is 9.86. The van der Waals surface area contributed by atoms with Gasteiger partial charge >= 0.3 is 0 Å². The summed E-state index contributed by atoms with van der Waals surface area (Å²) < 4.78 is 10.5. The van der Waals surface area contributed by atoms with E-state index in [0.717, 1.165) is 19.3 Å². The molecule has 1 aliphatic rings. The molecular weight excluding hydrogens is 264 g/mol. The Bertz CT molecular complexity index is 248. The first-order valence-electron chi connectivity index (χ1n) is 7.54. The molecule has 0 aromatic rings. The summed E-state index contributed by atoms with van der Waals surface area (Å²) in [6.07, 6.45) is 0.966.